The average molecular weight is 674 g/mol. The van der Waals surface area contributed by atoms with Gasteiger partial charge in [0.15, 0.2) is 9.75 Å². The minimum absolute atomic E-state index is 0.0646. The van der Waals surface area contributed by atoms with E-state index in [4.69, 9.17) is 46.4 Å². The molecule has 0 spiro atoms. The van der Waals surface area contributed by atoms with Gasteiger partial charge in [0.05, 0.1) is 23.2 Å². The van der Waals surface area contributed by atoms with Crippen molar-refractivity contribution >= 4 is 81.4 Å². The average Bonchev–Trinajstić information content (AvgIpc) is 3.33. The van der Waals surface area contributed by atoms with E-state index < -0.39 is 62.9 Å². The molecule has 6 unspecified atom stereocenters. The van der Waals surface area contributed by atoms with Gasteiger partial charge in [0.25, 0.3) is 11.8 Å². The largest absolute Gasteiger partial charge is 0.508 e. The third kappa shape index (κ3) is 3.87. The van der Waals surface area contributed by atoms with Crippen LogP contribution in [0.3, 0.4) is 0 Å². The van der Waals surface area contributed by atoms with Crippen molar-refractivity contribution in [2.45, 2.75) is 28.5 Å². The van der Waals surface area contributed by atoms with Gasteiger partial charge in [-0.15, -0.1) is 23.2 Å². The third-order valence-corrected chi connectivity index (χ3v) is 11.3. The number of hydrogen-bond acceptors (Lipinski definition) is 5. The van der Waals surface area contributed by atoms with Gasteiger partial charge < -0.3 is 5.11 Å². The van der Waals surface area contributed by atoms with E-state index >= 15 is 0 Å². The lowest BCUT2D eigenvalue weighted by Crippen LogP contribution is -2.60. The lowest BCUT2D eigenvalue weighted by molar-refractivity contribution is -0.125. The highest BCUT2D eigenvalue weighted by Crippen LogP contribution is 2.66. The van der Waals surface area contributed by atoms with Crippen LogP contribution in [-0.4, -0.2) is 38.5 Å². The van der Waals surface area contributed by atoms with E-state index in [2.05, 4.69) is 0 Å². The van der Waals surface area contributed by atoms with Crippen LogP contribution in [-0.2, 0) is 19.2 Å². The molecule has 3 aromatic rings. The Balaban J connectivity index is 1.40. The molecule has 3 aromatic carbocycles. The number of benzene rings is 3. The van der Waals surface area contributed by atoms with Crippen molar-refractivity contribution in [1.82, 2.24) is 0 Å². The van der Waals surface area contributed by atoms with E-state index in [1.807, 2.05) is 0 Å². The molecule has 3 fully saturated rings. The molecular formula is C32H21Cl4FN2O5. The summed E-state index contributed by atoms with van der Waals surface area (Å²) in [6.45, 7) is 0. The van der Waals surface area contributed by atoms with Crippen molar-refractivity contribution in [3.63, 3.8) is 0 Å². The number of nitrogens with zero attached hydrogens (tertiary/aromatic N) is 2. The Morgan fingerprint density at radius 2 is 1.43 bits per heavy atom. The SMILES string of the molecule is O=C1C2CC=C3C(CC4(Cl)C(=O)N(c5ccc(F)cc5)C(=O)C4(Cl)C3c3ccc(O)cc3Cl)C2C(=O)N1c1ccc(Cl)cc1. The van der Waals surface area contributed by atoms with E-state index in [1.165, 1.54) is 30.3 Å². The van der Waals surface area contributed by atoms with Crippen LogP contribution in [0.2, 0.25) is 10.0 Å². The highest BCUT2D eigenvalue weighted by atomic mass is 35.5. The molecule has 0 aromatic heterocycles. The molecule has 7 nitrogen and oxygen atoms in total. The number of alkyl halides is 2. The van der Waals surface area contributed by atoms with E-state index in [-0.39, 0.29) is 29.3 Å². The maximum atomic E-state index is 14.3. The van der Waals surface area contributed by atoms with Gasteiger partial charge in [-0.25, -0.2) is 9.29 Å². The molecule has 6 atom stereocenters. The van der Waals surface area contributed by atoms with Crippen LogP contribution >= 0.6 is 46.4 Å². The molecule has 4 aliphatic rings. The van der Waals surface area contributed by atoms with Gasteiger partial charge in [-0.2, -0.15) is 0 Å². The molecule has 12 heteroatoms. The van der Waals surface area contributed by atoms with Crippen molar-refractivity contribution < 1.29 is 28.7 Å². The van der Waals surface area contributed by atoms with E-state index in [0.29, 0.717) is 21.8 Å². The molecule has 224 valence electrons. The number of rotatable bonds is 3. The first-order valence-electron chi connectivity index (χ1n) is 13.7. The predicted octanol–water partition coefficient (Wildman–Crippen LogP) is 6.61. The summed E-state index contributed by atoms with van der Waals surface area (Å²) in [6.07, 6.45) is 1.73. The number of anilines is 2. The zero-order chi connectivity index (χ0) is 31.3. The summed E-state index contributed by atoms with van der Waals surface area (Å²) in [5, 5.41) is 10.6. The number of carbonyl (C=O) groups is 4. The van der Waals surface area contributed by atoms with E-state index in [0.717, 1.165) is 21.9 Å². The van der Waals surface area contributed by atoms with Gasteiger partial charge in [0, 0.05) is 16.0 Å². The van der Waals surface area contributed by atoms with Crippen LogP contribution in [0, 0.1) is 23.6 Å². The Kier molecular flexibility index (Phi) is 6.68. The number of phenolic OH excluding ortho intramolecular Hbond substituents is 1. The fraction of sp³-hybridized carbons (Fsp3) is 0.250. The molecule has 2 heterocycles. The van der Waals surface area contributed by atoms with Crippen LogP contribution in [0.5, 0.6) is 5.75 Å². The monoisotopic (exact) mass is 672 g/mol. The number of imide groups is 2. The standard InChI is InChI=1S/C32H21Cl4FN2O5/c33-15-1-5-17(6-2-15)38-27(41)22-12-11-20-23(25(22)28(38)42)14-31(35)29(43)39(18-7-3-16(37)4-8-18)30(44)32(31,36)26(20)21-10-9-19(40)13-24(21)34/h1-11,13,22-23,25-26,40H,12,14H2. The summed E-state index contributed by atoms with van der Waals surface area (Å²) in [6, 6.07) is 15.2. The molecule has 44 heavy (non-hydrogen) atoms. The maximum absolute atomic E-state index is 14.3. The number of phenols is 1. The zero-order valence-corrected chi connectivity index (χ0v) is 25.5. The Labute approximate surface area is 270 Å². The summed E-state index contributed by atoms with van der Waals surface area (Å²) in [4.78, 5) is 54.1. The minimum atomic E-state index is -2.13. The van der Waals surface area contributed by atoms with Crippen LogP contribution < -0.4 is 9.80 Å². The van der Waals surface area contributed by atoms with Crippen molar-refractivity contribution in [3.8, 4) is 5.75 Å². The van der Waals surface area contributed by atoms with Crippen molar-refractivity contribution in [2.75, 3.05) is 9.80 Å². The number of hydrogen-bond donors (Lipinski definition) is 1. The van der Waals surface area contributed by atoms with Crippen LogP contribution in [0.15, 0.2) is 78.4 Å². The molecule has 2 aliphatic heterocycles. The van der Waals surface area contributed by atoms with E-state index in [1.54, 1.807) is 30.3 Å². The number of carbonyl (C=O) groups excluding carboxylic acids is 4. The Hall–Kier alpha value is -3.43. The normalized spacial score (nSPS) is 31.2. The second-order valence-electron chi connectivity index (χ2n) is 11.4. The fourth-order valence-corrected chi connectivity index (χ4v) is 8.68. The number of aromatic hydroxyl groups is 1. The highest BCUT2D eigenvalue weighted by Gasteiger charge is 2.76. The van der Waals surface area contributed by atoms with Crippen LogP contribution in [0.25, 0.3) is 0 Å². The molecule has 0 radical (unpaired) electrons. The zero-order valence-electron chi connectivity index (χ0n) is 22.5. The lowest BCUT2D eigenvalue weighted by Gasteiger charge is -2.50. The van der Waals surface area contributed by atoms with Crippen LogP contribution in [0.1, 0.15) is 24.3 Å². The first kappa shape index (κ1) is 29.3. The van der Waals surface area contributed by atoms with Crippen molar-refractivity contribution in [2.24, 2.45) is 17.8 Å². The number of amides is 4. The molecule has 4 amide bonds. The van der Waals surface area contributed by atoms with Gasteiger partial charge >= 0.3 is 0 Å². The molecular weight excluding hydrogens is 653 g/mol. The van der Waals surface area contributed by atoms with Gasteiger partial charge in [-0.1, -0.05) is 40.9 Å². The first-order chi connectivity index (χ1) is 20.9. The number of allylic oxidation sites excluding steroid dienone is 2. The second kappa shape index (κ2) is 10.0. The van der Waals surface area contributed by atoms with Gasteiger partial charge in [-0.3, -0.25) is 24.1 Å². The molecule has 1 N–H and O–H groups in total. The summed E-state index contributed by atoms with van der Waals surface area (Å²) in [5.41, 5.74) is 1.29. The summed E-state index contributed by atoms with van der Waals surface area (Å²) >= 11 is 27.3. The molecule has 2 saturated heterocycles. The topological polar surface area (TPSA) is 95.0 Å². The van der Waals surface area contributed by atoms with E-state index in [9.17, 15) is 28.7 Å². The highest BCUT2D eigenvalue weighted by molar-refractivity contribution is 6.58. The second-order valence-corrected chi connectivity index (χ2v) is 13.5. The summed E-state index contributed by atoms with van der Waals surface area (Å²) in [7, 11) is 0. The van der Waals surface area contributed by atoms with Crippen LogP contribution in [0.4, 0.5) is 15.8 Å². The summed E-state index contributed by atoms with van der Waals surface area (Å²) < 4.78 is 13.8. The summed E-state index contributed by atoms with van der Waals surface area (Å²) in [5.74, 6) is -6.79. The molecule has 0 bridgehead atoms. The minimum Gasteiger partial charge on any atom is -0.508 e. The Bertz CT molecular complexity index is 1820. The smallest absolute Gasteiger partial charge is 0.258 e. The molecule has 2 aliphatic carbocycles. The number of halogens is 5. The Morgan fingerprint density at radius 1 is 0.795 bits per heavy atom. The fourth-order valence-electron chi connectivity index (χ4n) is 7.34. The quantitative estimate of drug-likeness (QED) is 0.192. The van der Waals surface area contributed by atoms with Gasteiger partial charge in [0.1, 0.15) is 11.6 Å². The lowest BCUT2D eigenvalue weighted by atomic mass is 9.56. The third-order valence-electron chi connectivity index (χ3n) is 9.28. The van der Waals surface area contributed by atoms with Crippen molar-refractivity contribution in [3.05, 3.63) is 99.8 Å². The maximum Gasteiger partial charge on any atom is 0.258 e. The molecule has 7 rings (SSSR count). The van der Waals surface area contributed by atoms with Crippen molar-refractivity contribution in [1.29, 1.82) is 0 Å². The predicted molar refractivity (Wildman–Crippen MR) is 164 cm³/mol. The first-order valence-corrected chi connectivity index (χ1v) is 15.2. The Morgan fingerprint density at radius 3 is 2.09 bits per heavy atom. The van der Waals surface area contributed by atoms with Gasteiger partial charge in [-0.05, 0) is 85.0 Å². The number of fused-ring (bicyclic) bond motifs is 4. The molecule has 1 saturated carbocycles. The van der Waals surface area contributed by atoms with Gasteiger partial charge in [0.2, 0.25) is 11.8 Å².